The number of amides is 1. The number of carbonyl (C=O) groups is 1. The van der Waals surface area contributed by atoms with Crippen molar-refractivity contribution < 1.29 is 9.53 Å². The van der Waals surface area contributed by atoms with Crippen molar-refractivity contribution in [3.05, 3.63) is 0 Å². The summed E-state index contributed by atoms with van der Waals surface area (Å²) >= 11 is 0. The predicted octanol–water partition coefficient (Wildman–Crippen LogP) is 1.87. The van der Waals surface area contributed by atoms with Crippen LogP contribution in [0.1, 0.15) is 33.6 Å². The predicted molar refractivity (Wildman–Crippen MR) is 53.3 cm³/mol. The van der Waals surface area contributed by atoms with Gasteiger partial charge < -0.3 is 9.64 Å². The number of ether oxygens (including phenoxy) is 1. The first-order chi connectivity index (χ1) is 6.08. The standard InChI is InChI=1S/C10H21NO2/c1-6-8(3)10(12)11(4)9(7-2)13-5/h8-9H,6-7H2,1-5H3. The smallest absolute Gasteiger partial charge is 0.227 e. The van der Waals surface area contributed by atoms with Gasteiger partial charge in [-0.2, -0.15) is 0 Å². The van der Waals surface area contributed by atoms with Crippen molar-refractivity contribution in [2.75, 3.05) is 14.2 Å². The van der Waals surface area contributed by atoms with Crippen LogP contribution >= 0.6 is 0 Å². The molecule has 2 unspecified atom stereocenters. The van der Waals surface area contributed by atoms with Gasteiger partial charge in [0.15, 0.2) is 0 Å². The molecule has 0 rings (SSSR count). The number of hydrogen-bond donors (Lipinski definition) is 0. The van der Waals surface area contributed by atoms with Crippen LogP contribution < -0.4 is 0 Å². The van der Waals surface area contributed by atoms with Crippen LogP contribution in [0.15, 0.2) is 0 Å². The van der Waals surface area contributed by atoms with Crippen molar-refractivity contribution in [2.24, 2.45) is 5.92 Å². The molecule has 0 bridgehead atoms. The van der Waals surface area contributed by atoms with Crippen molar-refractivity contribution in [3.63, 3.8) is 0 Å². The van der Waals surface area contributed by atoms with E-state index in [1.54, 1.807) is 19.1 Å². The highest BCUT2D eigenvalue weighted by molar-refractivity contribution is 5.78. The zero-order valence-electron chi connectivity index (χ0n) is 9.33. The second-order valence-corrected chi connectivity index (χ2v) is 3.36. The van der Waals surface area contributed by atoms with E-state index in [-0.39, 0.29) is 18.1 Å². The van der Waals surface area contributed by atoms with Crippen LogP contribution in [0, 0.1) is 5.92 Å². The average Bonchev–Trinajstić information content (AvgIpc) is 2.17. The lowest BCUT2D eigenvalue weighted by Gasteiger charge is -2.28. The SMILES string of the molecule is CCC(C)C(=O)N(C)C(CC)OC. The molecule has 0 aromatic heterocycles. The molecule has 0 aromatic rings. The summed E-state index contributed by atoms with van der Waals surface area (Å²) in [4.78, 5) is 13.4. The van der Waals surface area contributed by atoms with Crippen LogP contribution in [0.25, 0.3) is 0 Å². The Morgan fingerprint density at radius 1 is 1.38 bits per heavy atom. The Bertz CT molecular complexity index is 155. The molecule has 0 aliphatic rings. The van der Waals surface area contributed by atoms with Gasteiger partial charge in [0.05, 0.1) is 0 Å². The minimum Gasteiger partial charge on any atom is -0.362 e. The Morgan fingerprint density at radius 3 is 2.23 bits per heavy atom. The average molecular weight is 187 g/mol. The highest BCUT2D eigenvalue weighted by atomic mass is 16.5. The Balaban J connectivity index is 4.22. The Kier molecular flexibility index (Phi) is 5.71. The normalized spacial score (nSPS) is 15.2. The van der Waals surface area contributed by atoms with Gasteiger partial charge in [0.25, 0.3) is 0 Å². The van der Waals surface area contributed by atoms with E-state index >= 15 is 0 Å². The maximum Gasteiger partial charge on any atom is 0.227 e. The third kappa shape index (κ3) is 3.35. The quantitative estimate of drug-likeness (QED) is 0.615. The first-order valence-corrected chi connectivity index (χ1v) is 4.87. The van der Waals surface area contributed by atoms with E-state index in [1.807, 2.05) is 20.8 Å². The Morgan fingerprint density at radius 2 is 1.92 bits per heavy atom. The van der Waals surface area contributed by atoms with Crippen molar-refractivity contribution >= 4 is 5.91 Å². The molecule has 0 N–H and O–H groups in total. The summed E-state index contributed by atoms with van der Waals surface area (Å²) in [5.74, 6) is 0.255. The zero-order valence-corrected chi connectivity index (χ0v) is 9.33. The molecule has 1 amide bonds. The second kappa shape index (κ2) is 5.97. The summed E-state index contributed by atoms with van der Waals surface area (Å²) < 4.78 is 5.18. The molecule has 0 saturated heterocycles. The van der Waals surface area contributed by atoms with Gasteiger partial charge in [0.1, 0.15) is 6.23 Å². The fourth-order valence-electron chi connectivity index (χ4n) is 1.26. The van der Waals surface area contributed by atoms with E-state index in [2.05, 4.69) is 0 Å². The number of hydrogen-bond acceptors (Lipinski definition) is 2. The van der Waals surface area contributed by atoms with Crippen LogP contribution in [0.5, 0.6) is 0 Å². The molecule has 78 valence electrons. The van der Waals surface area contributed by atoms with Crippen molar-refractivity contribution in [1.29, 1.82) is 0 Å². The van der Waals surface area contributed by atoms with E-state index in [1.165, 1.54) is 0 Å². The minimum atomic E-state index is -0.0819. The number of nitrogens with zero attached hydrogens (tertiary/aromatic N) is 1. The van der Waals surface area contributed by atoms with Crippen LogP contribution in [-0.2, 0) is 9.53 Å². The monoisotopic (exact) mass is 187 g/mol. The van der Waals surface area contributed by atoms with Crippen molar-refractivity contribution in [2.45, 2.75) is 39.8 Å². The highest BCUT2D eigenvalue weighted by Gasteiger charge is 2.21. The molecule has 0 radical (unpaired) electrons. The molecular weight excluding hydrogens is 166 g/mol. The lowest BCUT2D eigenvalue weighted by Crippen LogP contribution is -2.40. The van der Waals surface area contributed by atoms with Gasteiger partial charge >= 0.3 is 0 Å². The molecule has 0 aliphatic carbocycles. The maximum atomic E-state index is 11.7. The first kappa shape index (κ1) is 12.4. The maximum absolute atomic E-state index is 11.7. The molecule has 0 saturated carbocycles. The van der Waals surface area contributed by atoms with Crippen LogP contribution in [0.4, 0.5) is 0 Å². The van der Waals surface area contributed by atoms with E-state index in [4.69, 9.17) is 4.74 Å². The van der Waals surface area contributed by atoms with E-state index in [0.29, 0.717) is 0 Å². The van der Waals surface area contributed by atoms with E-state index < -0.39 is 0 Å². The largest absolute Gasteiger partial charge is 0.362 e. The van der Waals surface area contributed by atoms with Gasteiger partial charge in [0.2, 0.25) is 5.91 Å². The Hall–Kier alpha value is -0.570. The molecule has 2 atom stereocenters. The van der Waals surface area contributed by atoms with Gasteiger partial charge in [-0.1, -0.05) is 20.8 Å². The molecule has 0 spiro atoms. The number of rotatable bonds is 5. The molecule has 0 aliphatic heterocycles. The fraction of sp³-hybridized carbons (Fsp3) is 0.900. The van der Waals surface area contributed by atoms with Crippen molar-refractivity contribution in [1.82, 2.24) is 4.90 Å². The second-order valence-electron chi connectivity index (χ2n) is 3.36. The Labute approximate surface area is 81.1 Å². The van der Waals surface area contributed by atoms with Gasteiger partial charge in [-0.05, 0) is 12.8 Å². The molecule has 0 fully saturated rings. The first-order valence-electron chi connectivity index (χ1n) is 4.87. The molecule has 3 heteroatoms. The highest BCUT2D eigenvalue weighted by Crippen LogP contribution is 2.10. The number of carbonyl (C=O) groups excluding carboxylic acids is 1. The lowest BCUT2D eigenvalue weighted by molar-refractivity contribution is -0.145. The molecule has 13 heavy (non-hydrogen) atoms. The van der Waals surface area contributed by atoms with Crippen molar-refractivity contribution in [3.8, 4) is 0 Å². The summed E-state index contributed by atoms with van der Waals surface area (Å²) in [6, 6.07) is 0. The zero-order chi connectivity index (χ0) is 10.4. The summed E-state index contributed by atoms with van der Waals surface area (Å²) in [5.41, 5.74) is 0. The van der Waals surface area contributed by atoms with Crippen LogP contribution in [-0.4, -0.2) is 31.2 Å². The molecule has 0 heterocycles. The summed E-state index contributed by atoms with van der Waals surface area (Å²) in [6.45, 7) is 5.97. The van der Waals surface area contributed by atoms with Crippen LogP contribution in [0.2, 0.25) is 0 Å². The van der Waals surface area contributed by atoms with Gasteiger partial charge in [-0.3, -0.25) is 4.79 Å². The summed E-state index contributed by atoms with van der Waals surface area (Å²) in [5, 5.41) is 0. The molecule has 3 nitrogen and oxygen atoms in total. The minimum absolute atomic E-state index is 0.0819. The third-order valence-electron chi connectivity index (χ3n) is 2.43. The number of methoxy groups -OCH3 is 1. The van der Waals surface area contributed by atoms with E-state index in [9.17, 15) is 4.79 Å². The third-order valence-corrected chi connectivity index (χ3v) is 2.43. The summed E-state index contributed by atoms with van der Waals surface area (Å²) in [6.07, 6.45) is 1.62. The topological polar surface area (TPSA) is 29.5 Å². The fourth-order valence-corrected chi connectivity index (χ4v) is 1.26. The molecule has 0 aromatic carbocycles. The summed E-state index contributed by atoms with van der Waals surface area (Å²) in [7, 11) is 3.43. The van der Waals surface area contributed by atoms with Crippen LogP contribution in [0.3, 0.4) is 0 Å². The van der Waals surface area contributed by atoms with Gasteiger partial charge in [-0.25, -0.2) is 0 Å². The van der Waals surface area contributed by atoms with E-state index in [0.717, 1.165) is 12.8 Å². The van der Waals surface area contributed by atoms with Gasteiger partial charge in [0, 0.05) is 20.1 Å². The lowest BCUT2D eigenvalue weighted by atomic mass is 10.1. The molecular formula is C10H21NO2. The van der Waals surface area contributed by atoms with Gasteiger partial charge in [-0.15, -0.1) is 0 Å².